The molecule has 0 radical (unpaired) electrons. The number of hydrogen-bond donors (Lipinski definition) is 0. The third kappa shape index (κ3) is 2.86. The van der Waals surface area contributed by atoms with Crippen LogP contribution in [0.1, 0.15) is 5.56 Å². The summed E-state index contributed by atoms with van der Waals surface area (Å²) >= 11 is 6.48. The molecule has 0 saturated heterocycles. The minimum atomic E-state index is -4.36. The van der Waals surface area contributed by atoms with Crippen LogP contribution in [0, 0.1) is 0 Å². The number of hydrogen-bond acceptors (Lipinski definition) is 4. The standard InChI is InChI=1S/C9H4ClF3N2OS/c10-7-8(15-17-14-7)16-6-3-1-5(2-4-6)9(11,12)13/h1-4H. The first-order valence-corrected chi connectivity index (χ1v) is 5.41. The predicted octanol–water partition coefficient (Wildman–Crippen LogP) is 4.00. The van der Waals surface area contributed by atoms with Crippen molar-refractivity contribution in [2.75, 3.05) is 0 Å². The van der Waals surface area contributed by atoms with E-state index in [2.05, 4.69) is 8.75 Å². The summed E-state index contributed by atoms with van der Waals surface area (Å²) < 4.78 is 49.4. The molecular formula is C9H4ClF3N2OS. The van der Waals surface area contributed by atoms with Crippen LogP contribution >= 0.6 is 23.3 Å². The first-order chi connectivity index (χ1) is 7.97. The third-order valence-corrected chi connectivity index (χ3v) is 2.68. The largest absolute Gasteiger partial charge is 0.436 e. The van der Waals surface area contributed by atoms with E-state index in [0.717, 1.165) is 23.9 Å². The van der Waals surface area contributed by atoms with Gasteiger partial charge in [0.15, 0.2) is 0 Å². The highest BCUT2D eigenvalue weighted by Crippen LogP contribution is 2.32. The van der Waals surface area contributed by atoms with Gasteiger partial charge in [-0.1, -0.05) is 11.6 Å². The molecule has 0 saturated carbocycles. The summed E-state index contributed by atoms with van der Waals surface area (Å²) in [7, 11) is 0. The zero-order valence-corrected chi connectivity index (χ0v) is 9.60. The van der Waals surface area contributed by atoms with Crippen molar-refractivity contribution in [1.82, 2.24) is 8.75 Å². The molecule has 0 aliphatic heterocycles. The van der Waals surface area contributed by atoms with E-state index in [1.807, 2.05) is 0 Å². The van der Waals surface area contributed by atoms with Crippen LogP contribution in [-0.2, 0) is 6.18 Å². The molecule has 0 bridgehead atoms. The smallest absolute Gasteiger partial charge is 0.416 e. The number of halogens is 4. The Morgan fingerprint density at radius 3 is 2.24 bits per heavy atom. The molecule has 2 rings (SSSR count). The number of aromatic nitrogens is 2. The molecule has 0 atom stereocenters. The molecule has 1 aromatic heterocycles. The third-order valence-electron chi connectivity index (χ3n) is 1.82. The predicted molar refractivity (Wildman–Crippen MR) is 56.4 cm³/mol. The maximum atomic E-state index is 12.3. The average Bonchev–Trinajstić information content (AvgIpc) is 2.64. The van der Waals surface area contributed by atoms with Crippen molar-refractivity contribution >= 4 is 23.3 Å². The molecule has 0 fully saturated rings. The zero-order valence-electron chi connectivity index (χ0n) is 8.03. The van der Waals surface area contributed by atoms with Crippen LogP contribution < -0.4 is 4.74 Å². The molecule has 2 aromatic rings. The highest BCUT2D eigenvalue weighted by molar-refractivity contribution is 6.99. The Kier molecular flexibility index (Phi) is 3.21. The lowest BCUT2D eigenvalue weighted by molar-refractivity contribution is -0.137. The van der Waals surface area contributed by atoms with Gasteiger partial charge in [-0.05, 0) is 24.3 Å². The average molecular weight is 281 g/mol. The number of rotatable bonds is 2. The zero-order chi connectivity index (χ0) is 12.5. The van der Waals surface area contributed by atoms with Gasteiger partial charge in [0.2, 0.25) is 5.15 Å². The van der Waals surface area contributed by atoms with Gasteiger partial charge in [-0.3, -0.25) is 0 Å². The van der Waals surface area contributed by atoms with Gasteiger partial charge in [-0.25, -0.2) is 0 Å². The molecule has 3 nitrogen and oxygen atoms in total. The van der Waals surface area contributed by atoms with Gasteiger partial charge >= 0.3 is 6.18 Å². The van der Waals surface area contributed by atoms with Crippen molar-refractivity contribution in [2.24, 2.45) is 0 Å². The van der Waals surface area contributed by atoms with Crippen LogP contribution in [0.3, 0.4) is 0 Å². The Hall–Kier alpha value is -1.34. The van der Waals surface area contributed by atoms with Crippen molar-refractivity contribution < 1.29 is 17.9 Å². The normalized spacial score (nSPS) is 11.5. The molecule has 0 unspecified atom stereocenters. The van der Waals surface area contributed by atoms with E-state index in [1.54, 1.807) is 0 Å². The lowest BCUT2D eigenvalue weighted by atomic mass is 10.2. The Balaban J connectivity index is 2.17. The Labute approximate surface area is 103 Å². The summed E-state index contributed by atoms with van der Waals surface area (Å²) in [5, 5.41) is 0.0786. The number of nitrogens with zero attached hydrogens (tertiary/aromatic N) is 2. The Morgan fingerprint density at radius 1 is 1.12 bits per heavy atom. The van der Waals surface area contributed by atoms with Crippen LogP contribution in [0.25, 0.3) is 0 Å². The van der Waals surface area contributed by atoms with E-state index in [1.165, 1.54) is 12.1 Å². The molecule has 1 aromatic carbocycles. The van der Waals surface area contributed by atoms with Crippen LogP contribution in [0.15, 0.2) is 24.3 Å². The molecule has 0 spiro atoms. The summed E-state index contributed by atoms with van der Waals surface area (Å²) in [6.45, 7) is 0. The van der Waals surface area contributed by atoms with Crippen molar-refractivity contribution in [3.05, 3.63) is 35.0 Å². The van der Waals surface area contributed by atoms with Gasteiger partial charge in [0, 0.05) is 0 Å². The summed E-state index contributed by atoms with van der Waals surface area (Å²) in [5.74, 6) is 0.295. The van der Waals surface area contributed by atoms with E-state index in [4.69, 9.17) is 16.3 Å². The Morgan fingerprint density at radius 2 is 1.76 bits per heavy atom. The van der Waals surface area contributed by atoms with Crippen LogP contribution in [-0.4, -0.2) is 8.75 Å². The number of benzene rings is 1. The van der Waals surface area contributed by atoms with Gasteiger partial charge in [0.05, 0.1) is 17.3 Å². The molecule has 17 heavy (non-hydrogen) atoms. The van der Waals surface area contributed by atoms with Gasteiger partial charge < -0.3 is 4.74 Å². The molecule has 90 valence electrons. The first kappa shape index (κ1) is 12.1. The second kappa shape index (κ2) is 4.50. The molecule has 1 heterocycles. The minimum Gasteiger partial charge on any atom is -0.436 e. The van der Waals surface area contributed by atoms with Crippen LogP contribution in [0.5, 0.6) is 11.6 Å². The van der Waals surface area contributed by atoms with Crippen LogP contribution in [0.4, 0.5) is 13.2 Å². The lowest BCUT2D eigenvalue weighted by Gasteiger charge is -2.07. The summed E-state index contributed by atoms with van der Waals surface area (Å²) in [5.41, 5.74) is -0.743. The van der Waals surface area contributed by atoms with Gasteiger partial charge in [0.1, 0.15) is 5.75 Å². The molecular weight excluding hydrogens is 277 g/mol. The van der Waals surface area contributed by atoms with Gasteiger partial charge in [-0.2, -0.15) is 17.5 Å². The fourth-order valence-electron chi connectivity index (χ4n) is 1.05. The van der Waals surface area contributed by atoms with Crippen molar-refractivity contribution in [2.45, 2.75) is 6.18 Å². The highest BCUT2D eigenvalue weighted by Gasteiger charge is 2.30. The summed E-state index contributed by atoms with van der Waals surface area (Å²) in [4.78, 5) is 0. The number of ether oxygens (including phenoxy) is 1. The molecule has 0 aliphatic rings. The van der Waals surface area contributed by atoms with E-state index in [-0.39, 0.29) is 16.8 Å². The fourth-order valence-corrected chi connectivity index (χ4v) is 1.67. The van der Waals surface area contributed by atoms with E-state index >= 15 is 0 Å². The maximum absolute atomic E-state index is 12.3. The topological polar surface area (TPSA) is 35.0 Å². The summed E-state index contributed by atoms with van der Waals surface area (Å²) in [6, 6.07) is 4.23. The van der Waals surface area contributed by atoms with Crippen molar-refractivity contribution in [3.63, 3.8) is 0 Å². The second-order valence-electron chi connectivity index (χ2n) is 2.98. The summed E-state index contributed by atoms with van der Waals surface area (Å²) in [6.07, 6.45) is -4.36. The van der Waals surface area contributed by atoms with Crippen molar-refractivity contribution in [1.29, 1.82) is 0 Å². The SMILES string of the molecule is FC(F)(F)c1ccc(Oc2nsnc2Cl)cc1. The minimum absolute atomic E-state index is 0.0786. The molecule has 0 aliphatic carbocycles. The second-order valence-corrected chi connectivity index (χ2v) is 3.87. The van der Waals surface area contributed by atoms with E-state index < -0.39 is 11.7 Å². The first-order valence-electron chi connectivity index (χ1n) is 4.30. The monoisotopic (exact) mass is 280 g/mol. The Bertz CT molecular complexity index is 512. The maximum Gasteiger partial charge on any atom is 0.416 e. The molecule has 8 heteroatoms. The lowest BCUT2D eigenvalue weighted by Crippen LogP contribution is -2.03. The van der Waals surface area contributed by atoms with Crippen LogP contribution in [0.2, 0.25) is 5.15 Å². The quantitative estimate of drug-likeness (QED) is 0.834. The van der Waals surface area contributed by atoms with E-state index in [0.29, 0.717) is 0 Å². The molecule has 0 amide bonds. The number of alkyl halides is 3. The molecule has 0 N–H and O–H groups in total. The van der Waals surface area contributed by atoms with Crippen molar-refractivity contribution in [3.8, 4) is 11.6 Å². The van der Waals surface area contributed by atoms with Gasteiger partial charge in [0.25, 0.3) is 5.88 Å². The van der Waals surface area contributed by atoms with E-state index in [9.17, 15) is 13.2 Å². The fraction of sp³-hybridized carbons (Fsp3) is 0.111. The van der Waals surface area contributed by atoms with Gasteiger partial charge in [-0.15, -0.1) is 4.37 Å². The highest BCUT2D eigenvalue weighted by atomic mass is 35.5.